The van der Waals surface area contributed by atoms with Crippen molar-refractivity contribution in [1.82, 2.24) is 10.2 Å². The Hall–Kier alpha value is -4.05. The number of benzene rings is 3. The van der Waals surface area contributed by atoms with E-state index in [1.807, 2.05) is 13.0 Å². The molecule has 0 aliphatic heterocycles. The molecule has 2 amide bonds. The number of methoxy groups -OCH3 is 2. The first kappa shape index (κ1) is 29.5. The number of amides is 2. The summed E-state index contributed by atoms with van der Waals surface area (Å²) in [6.07, 6.45) is 0.336. The zero-order valence-corrected chi connectivity index (χ0v) is 23.7. The van der Waals surface area contributed by atoms with Gasteiger partial charge in [0.25, 0.3) is 10.0 Å². The lowest BCUT2D eigenvalue weighted by atomic mass is 10.1. The topological polar surface area (TPSA) is 105 Å². The van der Waals surface area contributed by atoms with Gasteiger partial charge in [-0.2, -0.15) is 0 Å². The summed E-state index contributed by atoms with van der Waals surface area (Å²) < 4.78 is 39.3. The molecule has 1 atom stereocenters. The Morgan fingerprint density at radius 2 is 1.56 bits per heavy atom. The van der Waals surface area contributed by atoms with Gasteiger partial charge in [-0.15, -0.1) is 0 Å². The van der Waals surface area contributed by atoms with Gasteiger partial charge in [0.2, 0.25) is 11.8 Å². The highest BCUT2D eigenvalue weighted by molar-refractivity contribution is 7.92. The van der Waals surface area contributed by atoms with Gasteiger partial charge in [-0.1, -0.05) is 36.8 Å². The summed E-state index contributed by atoms with van der Waals surface area (Å²) in [6.45, 7) is 3.24. The molecule has 0 aliphatic carbocycles. The summed E-state index contributed by atoms with van der Waals surface area (Å²) in [7, 11) is 0.427. The summed E-state index contributed by atoms with van der Waals surface area (Å²) in [4.78, 5) is 28.2. The number of carbonyl (C=O) groups excluding carboxylic acids is 2. The average Bonchev–Trinajstić information content (AvgIpc) is 2.95. The Kier molecular flexibility index (Phi) is 9.95. The van der Waals surface area contributed by atoms with Crippen molar-refractivity contribution in [1.29, 1.82) is 0 Å². The van der Waals surface area contributed by atoms with Crippen LogP contribution in [-0.2, 0) is 26.2 Å². The Bertz CT molecular complexity index is 1370. The molecular formula is C29H35N3O6S. The van der Waals surface area contributed by atoms with E-state index in [-0.39, 0.29) is 17.3 Å². The van der Waals surface area contributed by atoms with E-state index in [2.05, 4.69) is 5.32 Å². The minimum atomic E-state index is -4.14. The molecule has 3 aromatic rings. The smallest absolute Gasteiger partial charge is 0.264 e. The van der Waals surface area contributed by atoms with Gasteiger partial charge in [0.1, 0.15) is 24.1 Å². The van der Waals surface area contributed by atoms with Crippen molar-refractivity contribution >= 4 is 27.5 Å². The fraction of sp³-hybridized carbons (Fsp3) is 0.310. The van der Waals surface area contributed by atoms with Gasteiger partial charge in [0.05, 0.1) is 24.8 Å². The SMILES string of the molecule is CC[C@@H](C(=O)NC)N(Cc1cccc(OC)c1)C(=O)CN(c1ccc(OC)cc1)S(=O)(=O)c1ccc(C)cc1. The first-order chi connectivity index (χ1) is 18.6. The van der Waals surface area contributed by atoms with E-state index in [0.29, 0.717) is 23.6 Å². The van der Waals surface area contributed by atoms with E-state index in [1.165, 1.54) is 31.2 Å². The van der Waals surface area contributed by atoms with Crippen LogP contribution in [0.2, 0.25) is 0 Å². The van der Waals surface area contributed by atoms with Crippen LogP contribution in [0.25, 0.3) is 0 Å². The average molecular weight is 554 g/mol. The van der Waals surface area contributed by atoms with Crippen LogP contribution in [0.3, 0.4) is 0 Å². The maximum absolute atomic E-state index is 13.9. The van der Waals surface area contributed by atoms with Crippen LogP contribution in [0.1, 0.15) is 24.5 Å². The lowest BCUT2D eigenvalue weighted by Crippen LogP contribution is -2.51. The van der Waals surface area contributed by atoms with Crippen LogP contribution >= 0.6 is 0 Å². The molecule has 3 aromatic carbocycles. The van der Waals surface area contributed by atoms with Gasteiger partial charge >= 0.3 is 0 Å². The van der Waals surface area contributed by atoms with Crippen molar-refractivity contribution in [3.8, 4) is 11.5 Å². The van der Waals surface area contributed by atoms with Crippen LogP contribution in [0.15, 0.2) is 77.7 Å². The minimum absolute atomic E-state index is 0.0504. The molecule has 9 nitrogen and oxygen atoms in total. The molecule has 39 heavy (non-hydrogen) atoms. The number of likely N-dealkylation sites (N-methyl/N-ethyl adjacent to an activating group) is 1. The van der Waals surface area contributed by atoms with E-state index >= 15 is 0 Å². The van der Waals surface area contributed by atoms with Crippen molar-refractivity contribution in [2.45, 2.75) is 37.8 Å². The number of hydrogen-bond acceptors (Lipinski definition) is 6. The largest absolute Gasteiger partial charge is 0.497 e. The third-order valence-corrected chi connectivity index (χ3v) is 8.16. The second-order valence-corrected chi connectivity index (χ2v) is 10.8. The number of carbonyl (C=O) groups is 2. The summed E-state index contributed by atoms with van der Waals surface area (Å²) >= 11 is 0. The number of nitrogens with zero attached hydrogens (tertiary/aromatic N) is 2. The van der Waals surface area contributed by atoms with Crippen molar-refractivity contribution in [2.24, 2.45) is 0 Å². The van der Waals surface area contributed by atoms with Gasteiger partial charge in [0, 0.05) is 13.6 Å². The molecule has 0 unspecified atom stereocenters. The lowest BCUT2D eigenvalue weighted by Gasteiger charge is -2.33. The quantitative estimate of drug-likeness (QED) is 0.366. The standard InChI is InChI=1S/C29H35N3O6S/c1-6-27(29(34)30-3)31(19-22-8-7-9-25(18-22)38-5)28(33)20-32(23-12-14-24(37-4)15-13-23)39(35,36)26-16-10-21(2)11-17-26/h7-18,27H,6,19-20H2,1-5H3,(H,30,34)/t27-/m0/s1. The molecule has 0 saturated carbocycles. The summed E-state index contributed by atoms with van der Waals surface area (Å²) in [5, 5.41) is 2.62. The highest BCUT2D eigenvalue weighted by atomic mass is 32.2. The maximum Gasteiger partial charge on any atom is 0.264 e. The molecule has 0 aromatic heterocycles. The molecule has 0 bridgehead atoms. The number of ether oxygens (including phenoxy) is 2. The van der Waals surface area contributed by atoms with Gasteiger partial charge in [0.15, 0.2) is 0 Å². The van der Waals surface area contributed by atoms with Crippen molar-refractivity contribution < 1.29 is 27.5 Å². The predicted octanol–water partition coefficient (Wildman–Crippen LogP) is 3.76. The molecule has 1 N–H and O–H groups in total. The van der Waals surface area contributed by atoms with E-state index in [1.54, 1.807) is 68.6 Å². The molecule has 0 radical (unpaired) electrons. The zero-order chi connectivity index (χ0) is 28.6. The van der Waals surface area contributed by atoms with E-state index in [4.69, 9.17) is 9.47 Å². The van der Waals surface area contributed by atoms with E-state index in [9.17, 15) is 18.0 Å². The van der Waals surface area contributed by atoms with Gasteiger partial charge < -0.3 is 19.7 Å². The molecule has 0 saturated heterocycles. The molecule has 0 fully saturated rings. The van der Waals surface area contributed by atoms with Crippen LogP contribution < -0.4 is 19.1 Å². The molecule has 208 valence electrons. The highest BCUT2D eigenvalue weighted by Crippen LogP contribution is 2.27. The van der Waals surface area contributed by atoms with Crippen LogP contribution in [0, 0.1) is 6.92 Å². The monoisotopic (exact) mass is 553 g/mol. The number of hydrogen-bond donors (Lipinski definition) is 1. The highest BCUT2D eigenvalue weighted by Gasteiger charge is 2.33. The van der Waals surface area contributed by atoms with Crippen molar-refractivity contribution in [3.05, 3.63) is 83.9 Å². The van der Waals surface area contributed by atoms with Gasteiger partial charge in [-0.05, 0) is 67.4 Å². The lowest BCUT2D eigenvalue weighted by molar-refractivity contribution is -0.140. The number of rotatable bonds is 12. The Balaban J connectivity index is 2.06. The van der Waals surface area contributed by atoms with E-state index < -0.39 is 28.5 Å². The molecule has 10 heteroatoms. The third-order valence-electron chi connectivity index (χ3n) is 6.37. The molecule has 0 heterocycles. The molecule has 3 rings (SSSR count). The Labute approximate surface area is 230 Å². The summed E-state index contributed by atoms with van der Waals surface area (Å²) in [5.41, 5.74) is 1.93. The van der Waals surface area contributed by atoms with Crippen LogP contribution in [-0.4, -0.2) is 59.0 Å². The van der Waals surface area contributed by atoms with Crippen molar-refractivity contribution in [2.75, 3.05) is 32.1 Å². The number of aryl methyl sites for hydroxylation is 1. The minimum Gasteiger partial charge on any atom is -0.497 e. The zero-order valence-electron chi connectivity index (χ0n) is 22.9. The second-order valence-electron chi connectivity index (χ2n) is 8.93. The normalized spacial score (nSPS) is 11.8. The van der Waals surface area contributed by atoms with Crippen LogP contribution in [0.4, 0.5) is 5.69 Å². The first-order valence-corrected chi connectivity index (χ1v) is 14.0. The van der Waals surface area contributed by atoms with E-state index in [0.717, 1.165) is 15.4 Å². The maximum atomic E-state index is 13.9. The Morgan fingerprint density at radius 1 is 0.923 bits per heavy atom. The summed E-state index contributed by atoms with van der Waals surface area (Å²) in [5.74, 6) is 0.281. The van der Waals surface area contributed by atoms with Gasteiger partial charge in [-0.3, -0.25) is 13.9 Å². The summed E-state index contributed by atoms with van der Waals surface area (Å²) in [6, 6.07) is 19.2. The first-order valence-electron chi connectivity index (χ1n) is 12.5. The fourth-order valence-corrected chi connectivity index (χ4v) is 5.58. The second kappa shape index (κ2) is 13.1. The van der Waals surface area contributed by atoms with Crippen molar-refractivity contribution in [3.63, 3.8) is 0 Å². The van der Waals surface area contributed by atoms with Crippen LogP contribution in [0.5, 0.6) is 11.5 Å². The molecular weight excluding hydrogens is 518 g/mol. The fourth-order valence-electron chi connectivity index (χ4n) is 4.17. The predicted molar refractivity (Wildman–Crippen MR) is 150 cm³/mol. The van der Waals surface area contributed by atoms with Gasteiger partial charge in [-0.25, -0.2) is 8.42 Å². The third kappa shape index (κ3) is 7.08. The number of anilines is 1. The number of nitrogens with one attached hydrogen (secondary N) is 1. The molecule has 0 aliphatic rings. The molecule has 0 spiro atoms. The Morgan fingerprint density at radius 3 is 2.13 bits per heavy atom. The number of sulfonamides is 1.